The maximum atomic E-state index is 10.8. The van der Waals surface area contributed by atoms with E-state index in [-0.39, 0.29) is 11.5 Å². The topological polar surface area (TPSA) is 63.3 Å². The predicted molar refractivity (Wildman–Crippen MR) is 43.9 cm³/mol. The summed E-state index contributed by atoms with van der Waals surface area (Å²) in [5, 5.41) is 9.29. The van der Waals surface area contributed by atoms with Crippen molar-refractivity contribution >= 4 is 5.78 Å². The van der Waals surface area contributed by atoms with Crippen molar-refractivity contribution in [2.75, 3.05) is 0 Å². The minimum absolute atomic E-state index is 0.0652. The fraction of sp³-hybridized carbons (Fsp3) is 0.625. The Bertz CT molecular complexity index is 177. The maximum absolute atomic E-state index is 10.8. The Balaban J connectivity index is 4.35. The highest BCUT2D eigenvalue weighted by Gasteiger charge is 2.16. The molecule has 0 bridgehead atoms. The molecule has 0 heterocycles. The van der Waals surface area contributed by atoms with Gasteiger partial charge in [-0.05, 0) is 13.8 Å². The Morgan fingerprint density at radius 2 is 2.09 bits per heavy atom. The first kappa shape index (κ1) is 10.2. The van der Waals surface area contributed by atoms with Gasteiger partial charge in [-0.2, -0.15) is 0 Å². The normalized spacial score (nSPS) is 13.3. The molecule has 0 aromatic carbocycles. The number of hydrogen-bond donors (Lipinski definition) is 2. The molecule has 0 aromatic rings. The van der Waals surface area contributed by atoms with E-state index in [0.29, 0.717) is 6.42 Å². The molecule has 3 heteroatoms. The van der Waals surface area contributed by atoms with E-state index in [1.165, 1.54) is 6.08 Å². The molecule has 11 heavy (non-hydrogen) atoms. The van der Waals surface area contributed by atoms with Gasteiger partial charge in [0.05, 0.1) is 5.60 Å². The molecule has 0 saturated carbocycles. The quantitative estimate of drug-likeness (QED) is 0.589. The smallest absolute Gasteiger partial charge is 0.157 e. The fourth-order valence-electron chi connectivity index (χ4n) is 0.452. The Morgan fingerprint density at radius 3 is 2.36 bits per heavy atom. The zero-order chi connectivity index (χ0) is 9.07. The number of carbonyl (C=O) groups excluding carboxylic acids is 1. The van der Waals surface area contributed by atoms with Crippen LogP contribution in [0.5, 0.6) is 0 Å². The van der Waals surface area contributed by atoms with Gasteiger partial charge >= 0.3 is 0 Å². The average molecular weight is 157 g/mol. The van der Waals surface area contributed by atoms with Crippen LogP contribution in [0, 0.1) is 0 Å². The molecule has 0 fully saturated rings. The van der Waals surface area contributed by atoms with Gasteiger partial charge in [-0.3, -0.25) is 4.79 Å². The molecule has 0 atom stereocenters. The van der Waals surface area contributed by atoms with Gasteiger partial charge in [0.1, 0.15) is 0 Å². The van der Waals surface area contributed by atoms with Crippen molar-refractivity contribution < 1.29 is 9.90 Å². The van der Waals surface area contributed by atoms with Crippen molar-refractivity contribution in [2.24, 2.45) is 5.73 Å². The van der Waals surface area contributed by atoms with Gasteiger partial charge in [-0.1, -0.05) is 6.92 Å². The summed E-state index contributed by atoms with van der Waals surface area (Å²) in [7, 11) is 0. The average Bonchev–Trinajstić information content (AvgIpc) is 1.85. The van der Waals surface area contributed by atoms with E-state index in [2.05, 4.69) is 0 Å². The van der Waals surface area contributed by atoms with Crippen LogP contribution in [0.15, 0.2) is 11.8 Å². The van der Waals surface area contributed by atoms with E-state index in [9.17, 15) is 9.90 Å². The summed E-state index contributed by atoms with van der Waals surface area (Å²) in [5.74, 6) is -0.0652. The molecule has 3 nitrogen and oxygen atoms in total. The van der Waals surface area contributed by atoms with Gasteiger partial charge in [0.2, 0.25) is 0 Å². The van der Waals surface area contributed by atoms with E-state index in [1.54, 1.807) is 20.8 Å². The molecule has 0 aromatic heterocycles. The summed E-state index contributed by atoms with van der Waals surface area (Å²) in [4.78, 5) is 10.8. The first-order chi connectivity index (χ1) is 4.88. The van der Waals surface area contributed by atoms with Crippen molar-refractivity contribution in [2.45, 2.75) is 32.8 Å². The Labute approximate surface area is 66.9 Å². The lowest BCUT2D eigenvalue weighted by atomic mass is 10.0. The van der Waals surface area contributed by atoms with Gasteiger partial charge in [0, 0.05) is 18.2 Å². The molecule has 0 aliphatic heterocycles. The number of ketones is 1. The summed E-state index contributed by atoms with van der Waals surface area (Å²) < 4.78 is 0. The molecule has 0 aliphatic carbocycles. The SMILES string of the molecule is CCC(=O)/C=C(\N)C(C)(C)O. The lowest BCUT2D eigenvalue weighted by Crippen LogP contribution is -2.28. The van der Waals surface area contributed by atoms with Crippen LogP contribution in [0.4, 0.5) is 0 Å². The summed E-state index contributed by atoms with van der Waals surface area (Å²) in [5.41, 5.74) is 4.54. The van der Waals surface area contributed by atoms with Crippen molar-refractivity contribution in [1.82, 2.24) is 0 Å². The molecule has 0 rings (SSSR count). The Kier molecular flexibility index (Phi) is 3.26. The highest BCUT2D eigenvalue weighted by atomic mass is 16.3. The first-order valence-electron chi connectivity index (χ1n) is 3.60. The molecule has 0 unspecified atom stereocenters. The van der Waals surface area contributed by atoms with Gasteiger partial charge < -0.3 is 10.8 Å². The van der Waals surface area contributed by atoms with Crippen molar-refractivity contribution in [1.29, 1.82) is 0 Å². The fourth-order valence-corrected chi connectivity index (χ4v) is 0.452. The molecule has 0 spiro atoms. The zero-order valence-electron chi connectivity index (χ0n) is 7.22. The van der Waals surface area contributed by atoms with E-state index in [4.69, 9.17) is 5.73 Å². The Hall–Kier alpha value is -0.830. The molecule has 64 valence electrons. The third-order valence-electron chi connectivity index (χ3n) is 1.37. The second kappa shape index (κ2) is 3.53. The number of aliphatic hydroxyl groups is 1. The molecule has 0 aliphatic rings. The largest absolute Gasteiger partial charge is 0.400 e. The molecule has 0 saturated heterocycles. The Morgan fingerprint density at radius 1 is 1.64 bits per heavy atom. The van der Waals surface area contributed by atoms with Crippen LogP contribution in [-0.2, 0) is 4.79 Å². The van der Waals surface area contributed by atoms with E-state index < -0.39 is 5.60 Å². The highest BCUT2D eigenvalue weighted by molar-refractivity contribution is 5.90. The highest BCUT2D eigenvalue weighted by Crippen LogP contribution is 2.09. The van der Waals surface area contributed by atoms with Gasteiger partial charge in [0.15, 0.2) is 5.78 Å². The standard InChI is InChI=1S/C8H15NO2/c1-4-6(10)5-7(9)8(2,3)11/h5,11H,4,9H2,1-3H3/b7-5-. The van der Waals surface area contributed by atoms with Crippen LogP contribution in [0.1, 0.15) is 27.2 Å². The van der Waals surface area contributed by atoms with Crippen molar-refractivity contribution in [3.63, 3.8) is 0 Å². The van der Waals surface area contributed by atoms with Crippen LogP contribution in [0.25, 0.3) is 0 Å². The van der Waals surface area contributed by atoms with Gasteiger partial charge in [-0.25, -0.2) is 0 Å². The van der Waals surface area contributed by atoms with E-state index >= 15 is 0 Å². The van der Waals surface area contributed by atoms with Crippen LogP contribution >= 0.6 is 0 Å². The number of allylic oxidation sites excluding steroid dienone is 1. The third-order valence-corrected chi connectivity index (χ3v) is 1.37. The number of nitrogens with two attached hydrogens (primary N) is 1. The van der Waals surface area contributed by atoms with E-state index in [0.717, 1.165) is 0 Å². The van der Waals surface area contributed by atoms with Gasteiger partial charge in [-0.15, -0.1) is 0 Å². The molecule has 0 amide bonds. The monoisotopic (exact) mass is 157 g/mol. The lowest BCUT2D eigenvalue weighted by molar-refractivity contribution is -0.114. The number of rotatable bonds is 3. The number of carbonyl (C=O) groups is 1. The first-order valence-corrected chi connectivity index (χ1v) is 3.60. The predicted octanol–water partition coefficient (Wildman–Crippen LogP) is 0.579. The van der Waals surface area contributed by atoms with Crippen molar-refractivity contribution in [3.05, 3.63) is 11.8 Å². The third kappa shape index (κ3) is 3.78. The second-order valence-electron chi connectivity index (χ2n) is 2.98. The summed E-state index contributed by atoms with van der Waals surface area (Å²) in [6, 6.07) is 0. The summed E-state index contributed by atoms with van der Waals surface area (Å²) in [6.07, 6.45) is 1.69. The molecular formula is C8H15NO2. The summed E-state index contributed by atoms with van der Waals surface area (Å²) >= 11 is 0. The number of hydrogen-bond acceptors (Lipinski definition) is 3. The van der Waals surface area contributed by atoms with Crippen LogP contribution in [-0.4, -0.2) is 16.5 Å². The minimum Gasteiger partial charge on any atom is -0.400 e. The summed E-state index contributed by atoms with van der Waals surface area (Å²) in [6.45, 7) is 4.83. The molecular weight excluding hydrogens is 142 g/mol. The van der Waals surface area contributed by atoms with Crippen molar-refractivity contribution in [3.8, 4) is 0 Å². The lowest BCUT2D eigenvalue weighted by Gasteiger charge is -2.16. The minimum atomic E-state index is -1.09. The van der Waals surface area contributed by atoms with Gasteiger partial charge in [0.25, 0.3) is 0 Å². The molecule has 3 N–H and O–H groups in total. The van der Waals surface area contributed by atoms with Crippen LogP contribution in [0.3, 0.4) is 0 Å². The van der Waals surface area contributed by atoms with Crippen LogP contribution < -0.4 is 5.73 Å². The molecule has 0 radical (unpaired) electrons. The zero-order valence-corrected chi connectivity index (χ0v) is 7.22. The second-order valence-corrected chi connectivity index (χ2v) is 2.98. The van der Waals surface area contributed by atoms with Crippen LogP contribution in [0.2, 0.25) is 0 Å². The maximum Gasteiger partial charge on any atom is 0.157 e. The van der Waals surface area contributed by atoms with E-state index in [1.807, 2.05) is 0 Å².